The number of nitrogens with one attached hydrogen (secondary N) is 1. The molecule has 2 N–H and O–H groups in total. The monoisotopic (exact) mass is 292 g/mol. The van der Waals surface area contributed by atoms with Gasteiger partial charge < -0.3 is 15.3 Å². The Morgan fingerprint density at radius 2 is 1.90 bits per heavy atom. The smallest absolute Gasteiger partial charge is 0.326 e. The molecule has 0 saturated heterocycles. The third-order valence-electron chi connectivity index (χ3n) is 3.51. The number of hydrogen-bond acceptors (Lipinski definition) is 2. The predicted octanol–water partition coefficient (Wildman–Crippen LogP) is 2.37. The lowest BCUT2D eigenvalue weighted by Gasteiger charge is -2.23. The first kappa shape index (κ1) is 17.0. The summed E-state index contributed by atoms with van der Waals surface area (Å²) in [6.07, 6.45) is 1.25. The van der Waals surface area contributed by atoms with Crippen LogP contribution in [0.1, 0.15) is 25.8 Å². The highest BCUT2D eigenvalue weighted by Crippen LogP contribution is 2.06. The summed E-state index contributed by atoms with van der Waals surface area (Å²) < 4.78 is 0. The molecule has 0 aliphatic rings. The summed E-state index contributed by atoms with van der Waals surface area (Å²) in [7, 11) is 1.68. The van der Waals surface area contributed by atoms with E-state index < -0.39 is 12.0 Å². The van der Waals surface area contributed by atoms with Gasteiger partial charge in [0.15, 0.2) is 0 Å². The van der Waals surface area contributed by atoms with E-state index in [-0.39, 0.29) is 12.5 Å². The summed E-state index contributed by atoms with van der Waals surface area (Å²) in [5, 5.41) is 11.8. The summed E-state index contributed by atoms with van der Waals surface area (Å²) in [5.41, 5.74) is 0.884. The molecule has 0 aliphatic carbocycles. The van der Waals surface area contributed by atoms with Crippen molar-refractivity contribution in [3.63, 3.8) is 0 Å². The van der Waals surface area contributed by atoms with E-state index in [1.54, 1.807) is 7.05 Å². The Kier molecular flexibility index (Phi) is 6.72. The Morgan fingerprint density at radius 3 is 2.43 bits per heavy atom. The average molecular weight is 292 g/mol. The Hall–Kier alpha value is -2.04. The van der Waals surface area contributed by atoms with Crippen molar-refractivity contribution >= 4 is 12.0 Å². The molecule has 0 spiro atoms. The topological polar surface area (TPSA) is 69.6 Å². The number of carbonyl (C=O) groups excluding carboxylic acids is 1. The fraction of sp³-hybridized carbons (Fsp3) is 0.500. The van der Waals surface area contributed by atoms with Gasteiger partial charge in [0.1, 0.15) is 6.04 Å². The van der Waals surface area contributed by atoms with Crippen molar-refractivity contribution in [3.05, 3.63) is 35.9 Å². The van der Waals surface area contributed by atoms with Crippen molar-refractivity contribution in [1.82, 2.24) is 10.2 Å². The second kappa shape index (κ2) is 8.29. The van der Waals surface area contributed by atoms with Gasteiger partial charge in [-0.15, -0.1) is 0 Å². The van der Waals surface area contributed by atoms with Gasteiger partial charge in [0.2, 0.25) is 0 Å². The number of carboxylic acid groups (broad SMARTS) is 1. The van der Waals surface area contributed by atoms with Crippen LogP contribution >= 0.6 is 0 Å². The van der Waals surface area contributed by atoms with Crippen molar-refractivity contribution in [3.8, 4) is 0 Å². The third-order valence-corrected chi connectivity index (χ3v) is 3.51. The third kappa shape index (κ3) is 5.85. The molecule has 0 radical (unpaired) electrons. The number of carbonyl (C=O) groups is 2. The van der Waals surface area contributed by atoms with Crippen LogP contribution < -0.4 is 5.32 Å². The largest absolute Gasteiger partial charge is 0.480 e. The molecular formula is C16H24N2O3. The first-order chi connectivity index (χ1) is 9.93. The first-order valence-corrected chi connectivity index (χ1v) is 7.22. The van der Waals surface area contributed by atoms with Crippen LogP contribution in [-0.2, 0) is 11.2 Å². The van der Waals surface area contributed by atoms with Gasteiger partial charge in [-0.3, -0.25) is 0 Å². The molecule has 5 nitrogen and oxygen atoms in total. The lowest BCUT2D eigenvalue weighted by Crippen LogP contribution is -2.48. The van der Waals surface area contributed by atoms with Crippen LogP contribution in [0.25, 0.3) is 0 Å². The lowest BCUT2D eigenvalue weighted by molar-refractivity contribution is -0.139. The van der Waals surface area contributed by atoms with Gasteiger partial charge in [-0.05, 0) is 11.5 Å². The quantitative estimate of drug-likeness (QED) is 0.810. The van der Waals surface area contributed by atoms with Gasteiger partial charge >= 0.3 is 12.0 Å². The zero-order chi connectivity index (χ0) is 15.8. The number of aliphatic carboxylic acids is 1. The summed E-state index contributed by atoms with van der Waals surface area (Å²) in [6, 6.07) is 8.02. The van der Waals surface area contributed by atoms with Gasteiger partial charge in [0.05, 0.1) is 0 Å². The Bertz CT molecular complexity index is 462. The molecule has 1 rings (SSSR count). The van der Waals surface area contributed by atoms with E-state index in [1.165, 1.54) is 4.90 Å². The van der Waals surface area contributed by atoms with Gasteiger partial charge in [0, 0.05) is 20.0 Å². The van der Waals surface area contributed by atoms with Crippen LogP contribution in [0, 0.1) is 5.92 Å². The van der Waals surface area contributed by atoms with Crippen LogP contribution in [0.2, 0.25) is 0 Å². The molecule has 0 heterocycles. The maximum Gasteiger partial charge on any atom is 0.326 e. The minimum Gasteiger partial charge on any atom is -0.480 e. The normalized spacial score (nSPS) is 13.3. The minimum atomic E-state index is -1.02. The van der Waals surface area contributed by atoms with Crippen molar-refractivity contribution in [2.75, 3.05) is 13.6 Å². The highest BCUT2D eigenvalue weighted by molar-refractivity contribution is 5.82. The highest BCUT2D eigenvalue weighted by atomic mass is 16.4. The maximum atomic E-state index is 12.1. The van der Waals surface area contributed by atoms with Crippen LogP contribution in [0.4, 0.5) is 4.79 Å². The van der Waals surface area contributed by atoms with E-state index in [2.05, 4.69) is 19.2 Å². The van der Waals surface area contributed by atoms with E-state index in [0.717, 1.165) is 12.0 Å². The zero-order valence-corrected chi connectivity index (χ0v) is 12.9. The number of nitrogens with zero attached hydrogens (tertiary/aromatic N) is 1. The second-order valence-corrected chi connectivity index (χ2v) is 5.42. The van der Waals surface area contributed by atoms with Gasteiger partial charge in [-0.2, -0.15) is 0 Å². The van der Waals surface area contributed by atoms with Crippen molar-refractivity contribution in [1.29, 1.82) is 0 Å². The van der Waals surface area contributed by atoms with E-state index in [1.807, 2.05) is 30.3 Å². The molecule has 5 heteroatoms. The van der Waals surface area contributed by atoms with Gasteiger partial charge in [0.25, 0.3) is 0 Å². The molecule has 2 atom stereocenters. The standard InChI is InChI=1S/C16H24N2O3/c1-4-12(2)11-18(3)16(21)17-14(15(19)20)10-13-8-6-5-7-9-13/h5-9,12,14H,4,10-11H2,1-3H3,(H,17,21)(H,19,20)/t12?,14-/m0/s1. The minimum absolute atomic E-state index is 0.277. The lowest BCUT2D eigenvalue weighted by atomic mass is 10.1. The number of rotatable bonds is 7. The Morgan fingerprint density at radius 1 is 1.29 bits per heavy atom. The first-order valence-electron chi connectivity index (χ1n) is 7.22. The number of urea groups is 1. The van der Waals surface area contributed by atoms with Gasteiger partial charge in [-0.25, -0.2) is 9.59 Å². The molecule has 2 amide bonds. The highest BCUT2D eigenvalue weighted by Gasteiger charge is 2.22. The van der Waals surface area contributed by atoms with E-state index in [4.69, 9.17) is 0 Å². The maximum absolute atomic E-state index is 12.1. The van der Waals surface area contributed by atoms with E-state index in [9.17, 15) is 14.7 Å². The molecule has 0 aliphatic heterocycles. The molecule has 0 fully saturated rings. The summed E-state index contributed by atoms with van der Waals surface area (Å²) in [4.78, 5) is 24.9. The molecule has 1 aromatic rings. The molecule has 0 bridgehead atoms. The predicted molar refractivity (Wildman–Crippen MR) is 82.2 cm³/mol. The average Bonchev–Trinajstić information content (AvgIpc) is 2.47. The second-order valence-electron chi connectivity index (χ2n) is 5.42. The summed E-state index contributed by atoms with van der Waals surface area (Å²) >= 11 is 0. The van der Waals surface area contributed by atoms with Crippen LogP contribution in [0.3, 0.4) is 0 Å². The fourth-order valence-electron chi connectivity index (χ4n) is 1.99. The van der Waals surface area contributed by atoms with Crippen LogP contribution in [0.5, 0.6) is 0 Å². The summed E-state index contributed by atoms with van der Waals surface area (Å²) in [5.74, 6) is -0.637. The zero-order valence-electron chi connectivity index (χ0n) is 12.9. The SMILES string of the molecule is CCC(C)CN(C)C(=O)N[C@@H](Cc1ccccc1)C(=O)O. The van der Waals surface area contributed by atoms with Crippen LogP contribution in [0.15, 0.2) is 30.3 Å². The Labute approximate surface area is 126 Å². The number of hydrogen-bond donors (Lipinski definition) is 2. The molecule has 1 unspecified atom stereocenters. The van der Waals surface area contributed by atoms with Crippen molar-refractivity contribution in [2.45, 2.75) is 32.7 Å². The molecule has 0 aromatic heterocycles. The van der Waals surface area contributed by atoms with E-state index in [0.29, 0.717) is 12.5 Å². The number of amides is 2. The van der Waals surface area contributed by atoms with Gasteiger partial charge in [-0.1, -0.05) is 50.6 Å². The molecule has 21 heavy (non-hydrogen) atoms. The van der Waals surface area contributed by atoms with Crippen molar-refractivity contribution in [2.24, 2.45) is 5.92 Å². The number of benzene rings is 1. The molecule has 0 saturated carbocycles. The number of carboxylic acids is 1. The van der Waals surface area contributed by atoms with Crippen molar-refractivity contribution < 1.29 is 14.7 Å². The molecule has 1 aromatic carbocycles. The van der Waals surface area contributed by atoms with E-state index >= 15 is 0 Å². The van der Waals surface area contributed by atoms with Crippen LogP contribution in [-0.4, -0.2) is 41.6 Å². The Balaban J connectivity index is 2.62. The fourth-order valence-corrected chi connectivity index (χ4v) is 1.99. The molecule has 116 valence electrons. The molecular weight excluding hydrogens is 268 g/mol. The summed E-state index contributed by atoms with van der Waals surface area (Å²) in [6.45, 7) is 4.73.